The summed E-state index contributed by atoms with van der Waals surface area (Å²) in [6.07, 6.45) is 3.27. The molecule has 0 saturated heterocycles. The number of carbonyl (C=O) groups excluding carboxylic acids is 1. The maximum absolute atomic E-state index is 12.0. The molecule has 1 aliphatic rings. The van der Waals surface area contributed by atoms with Gasteiger partial charge in [0.15, 0.2) is 23.0 Å². The summed E-state index contributed by atoms with van der Waals surface area (Å²) in [7, 11) is 0. The summed E-state index contributed by atoms with van der Waals surface area (Å²) < 4.78 is 18.9. The molecule has 0 amide bonds. The van der Waals surface area contributed by atoms with E-state index in [0.29, 0.717) is 35.6 Å². The summed E-state index contributed by atoms with van der Waals surface area (Å²) in [5, 5.41) is 19.7. The molecule has 4 N–H and O–H groups in total. The lowest BCUT2D eigenvalue weighted by molar-refractivity contribution is 0.0147. The quantitative estimate of drug-likeness (QED) is 0.389. The molecule has 3 aromatic rings. The molecule has 1 aromatic heterocycles. The number of nitrogens with two attached hydrogens (primary N) is 1. The summed E-state index contributed by atoms with van der Waals surface area (Å²) in [4.78, 5) is 16.4. The van der Waals surface area contributed by atoms with E-state index in [4.69, 9.17) is 19.9 Å². The average molecular weight is 425 g/mol. The van der Waals surface area contributed by atoms with Gasteiger partial charge < -0.3 is 34.7 Å². The van der Waals surface area contributed by atoms with E-state index in [9.17, 15) is 15.0 Å². The second-order valence-corrected chi connectivity index (χ2v) is 7.03. The van der Waals surface area contributed by atoms with E-state index in [1.54, 1.807) is 42.1 Å². The van der Waals surface area contributed by atoms with Gasteiger partial charge in [0.25, 0.3) is 6.29 Å². The van der Waals surface area contributed by atoms with Crippen LogP contribution in [0.4, 0.5) is 0 Å². The zero-order valence-electron chi connectivity index (χ0n) is 16.9. The second kappa shape index (κ2) is 8.57. The minimum absolute atomic E-state index is 0.229. The van der Waals surface area contributed by atoms with Gasteiger partial charge in [-0.15, -0.1) is 0 Å². The number of carbonyl (C=O) groups is 1. The van der Waals surface area contributed by atoms with E-state index in [-0.39, 0.29) is 18.1 Å². The second-order valence-electron chi connectivity index (χ2n) is 7.03. The molecule has 2 heterocycles. The van der Waals surface area contributed by atoms with Crippen LogP contribution in [0.1, 0.15) is 34.6 Å². The molecule has 9 heteroatoms. The maximum atomic E-state index is 12.0. The summed E-state index contributed by atoms with van der Waals surface area (Å²) in [6.45, 7) is 2.47. The fourth-order valence-electron chi connectivity index (χ4n) is 3.45. The third-order valence-corrected chi connectivity index (χ3v) is 4.92. The minimum Gasteiger partial charge on any atom is -0.504 e. The van der Waals surface area contributed by atoms with Gasteiger partial charge in [-0.2, -0.15) is 0 Å². The number of phenols is 2. The highest BCUT2D eigenvalue weighted by atomic mass is 16.7. The number of hydrogen-bond acceptors (Lipinski definition) is 8. The summed E-state index contributed by atoms with van der Waals surface area (Å²) in [5.74, 6) is -0.0462. The summed E-state index contributed by atoms with van der Waals surface area (Å²) in [5.41, 5.74) is 7.43. The molecule has 2 aromatic carbocycles. The molecule has 0 fully saturated rings. The Morgan fingerprint density at radius 1 is 1.19 bits per heavy atom. The molecule has 2 atom stereocenters. The van der Waals surface area contributed by atoms with Gasteiger partial charge >= 0.3 is 5.97 Å². The Labute approximate surface area is 178 Å². The smallest absolute Gasteiger partial charge is 0.338 e. The normalized spacial score (nSPS) is 15.6. The van der Waals surface area contributed by atoms with Crippen molar-refractivity contribution in [2.75, 3.05) is 13.2 Å². The van der Waals surface area contributed by atoms with Gasteiger partial charge in [0, 0.05) is 12.6 Å². The number of nitrogens with zero attached hydrogens (tertiary/aromatic N) is 2. The number of imidazole rings is 1. The number of aromatic hydroxyl groups is 2. The monoisotopic (exact) mass is 425 g/mol. The van der Waals surface area contributed by atoms with Crippen molar-refractivity contribution in [2.24, 2.45) is 5.73 Å². The SMILES string of the molecule is CCOC(=O)c1ccc2c(c1)OC(C(c1ccc(O)c(O)c1)n1cnc(CCN)c1)O2. The van der Waals surface area contributed by atoms with Gasteiger partial charge in [0.2, 0.25) is 0 Å². The maximum Gasteiger partial charge on any atom is 0.338 e. The molecule has 0 radical (unpaired) electrons. The molecule has 31 heavy (non-hydrogen) atoms. The molecular weight excluding hydrogens is 402 g/mol. The van der Waals surface area contributed by atoms with E-state index < -0.39 is 18.3 Å². The van der Waals surface area contributed by atoms with Crippen LogP contribution in [0.5, 0.6) is 23.0 Å². The fraction of sp³-hybridized carbons (Fsp3) is 0.273. The Morgan fingerprint density at radius 3 is 2.74 bits per heavy atom. The molecule has 0 spiro atoms. The number of aromatic nitrogens is 2. The van der Waals surface area contributed by atoms with Gasteiger partial charge in [0.05, 0.1) is 24.2 Å². The van der Waals surface area contributed by atoms with Crippen LogP contribution < -0.4 is 15.2 Å². The Bertz CT molecular complexity index is 1100. The van der Waals surface area contributed by atoms with Crippen molar-refractivity contribution in [3.8, 4) is 23.0 Å². The van der Waals surface area contributed by atoms with Crippen molar-refractivity contribution >= 4 is 5.97 Å². The number of rotatable bonds is 7. The molecule has 1 aliphatic heterocycles. The lowest BCUT2D eigenvalue weighted by atomic mass is 10.1. The van der Waals surface area contributed by atoms with Crippen LogP contribution in [0.15, 0.2) is 48.9 Å². The predicted molar refractivity (Wildman–Crippen MR) is 110 cm³/mol. The van der Waals surface area contributed by atoms with E-state index in [1.807, 2.05) is 6.20 Å². The predicted octanol–water partition coefficient (Wildman–Crippen LogP) is 2.36. The molecule has 2 unspecified atom stereocenters. The van der Waals surface area contributed by atoms with Crippen LogP contribution in [0.2, 0.25) is 0 Å². The van der Waals surface area contributed by atoms with E-state index >= 15 is 0 Å². The van der Waals surface area contributed by atoms with Crippen LogP contribution in [-0.2, 0) is 11.2 Å². The van der Waals surface area contributed by atoms with Gasteiger partial charge in [0.1, 0.15) is 6.04 Å². The van der Waals surface area contributed by atoms with Crippen molar-refractivity contribution in [3.63, 3.8) is 0 Å². The first-order valence-electron chi connectivity index (χ1n) is 9.89. The Morgan fingerprint density at radius 2 is 2.00 bits per heavy atom. The third kappa shape index (κ3) is 4.13. The van der Waals surface area contributed by atoms with Crippen LogP contribution in [-0.4, -0.2) is 45.2 Å². The zero-order chi connectivity index (χ0) is 22.0. The molecule has 0 bridgehead atoms. The summed E-state index contributed by atoms with van der Waals surface area (Å²) in [6, 6.07) is 8.82. The first kappa shape index (κ1) is 20.5. The largest absolute Gasteiger partial charge is 0.504 e. The van der Waals surface area contributed by atoms with E-state index in [0.717, 1.165) is 5.69 Å². The van der Waals surface area contributed by atoms with Crippen LogP contribution in [0.25, 0.3) is 0 Å². The minimum atomic E-state index is -0.809. The van der Waals surface area contributed by atoms with Gasteiger partial charge in [-0.3, -0.25) is 0 Å². The standard InChI is InChI=1S/C22H23N3O6/c1-2-29-21(28)14-4-6-18-19(10-14)31-22(30-18)20(13-3-5-16(26)17(27)9-13)25-11-15(7-8-23)24-12-25/h3-6,9-12,20,22,26-27H,2,7-8,23H2,1H3. The van der Waals surface area contributed by atoms with Crippen LogP contribution in [0, 0.1) is 0 Å². The Kier molecular flexibility index (Phi) is 5.68. The number of esters is 1. The first-order valence-corrected chi connectivity index (χ1v) is 9.89. The fourth-order valence-corrected chi connectivity index (χ4v) is 3.45. The first-order chi connectivity index (χ1) is 15.0. The third-order valence-electron chi connectivity index (χ3n) is 4.92. The van der Waals surface area contributed by atoms with Crippen molar-refractivity contribution in [1.82, 2.24) is 9.55 Å². The van der Waals surface area contributed by atoms with Gasteiger partial charge in [-0.1, -0.05) is 6.07 Å². The molecule has 4 rings (SSSR count). The van der Waals surface area contributed by atoms with Crippen molar-refractivity contribution in [1.29, 1.82) is 0 Å². The van der Waals surface area contributed by atoms with Crippen molar-refractivity contribution < 1.29 is 29.2 Å². The number of phenolic OH excluding ortho intramolecular Hbond substituents is 2. The van der Waals surface area contributed by atoms with Gasteiger partial charge in [-0.25, -0.2) is 9.78 Å². The highest BCUT2D eigenvalue weighted by Crippen LogP contribution is 2.41. The van der Waals surface area contributed by atoms with Gasteiger partial charge in [-0.05, 0) is 49.4 Å². The number of hydrogen-bond donors (Lipinski definition) is 3. The van der Waals surface area contributed by atoms with E-state index in [1.165, 1.54) is 12.1 Å². The van der Waals surface area contributed by atoms with Crippen LogP contribution in [0.3, 0.4) is 0 Å². The molecule has 162 valence electrons. The molecule has 9 nitrogen and oxygen atoms in total. The highest BCUT2D eigenvalue weighted by Gasteiger charge is 2.35. The number of ether oxygens (including phenoxy) is 3. The Hall–Kier alpha value is -3.72. The van der Waals surface area contributed by atoms with Crippen molar-refractivity contribution in [2.45, 2.75) is 25.7 Å². The molecule has 0 saturated carbocycles. The lowest BCUT2D eigenvalue weighted by Crippen LogP contribution is -2.31. The van der Waals surface area contributed by atoms with Crippen molar-refractivity contribution in [3.05, 3.63) is 65.7 Å². The zero-order valence-corrected chi connectivity index (χ0v) is 16.9. The molecular formula is C22H23N3O6. The average Bonchev–Trinajstić information content (AvgIpc) is 3.38. The lowest BCUT2D eigenvalue weighted by Gasteiger charge is -2.24. The molecule has 0 aliphatic carbocycles. The van der Waals surface area contributed by atoms with E-state index in [2.05, 4.69) is 4.98 Å². The highest BCUT2D eigenvalue weighted by molar-refractivity contribution is 5.90. The summed E-state index contributed by atoms with van der Waals surface area (Å²) >= 11 is 0. The Balaban J connectivity index is 1.68. The van der Waals surface area contributed by atoms with Crippen LogP contribution >= 0.6 is 0 Å². The topological polar surface area (TPSA) is 129 Å². The number of benzene rings is 2. The number of fused-ring (bicyclic) bond motifs is 1.